The van der Waals surface area contributed by atoms with Gasteiger partial charge in [0.2, 0.25) is 5.91 Å². The molecule has 4 rings (SSSR count). The molecule has 1 fully saturated rings. The molecule has 2 aromatic carbocycles. The Bertz CT molecular complexity index is 913. The van der Waals surface area contributed by atoms with Crippen LogP contribution in [0.2, 0.25) is 0 Å². The zero-order valence-electron chi connectivity index (χ0n) is 16.8. The molecule has 0 saturated carbocycles. The van der Waals surface area contributed by atoms with Gasteiger partial charge in [-0.25, -0.2) is 0 Å². The highest BCUT2D eigenvalue weighted by molar-refractivity contribution is 6.00. The van der Waals surface area contributed by atoms with Gasteiger partial charge in [0.15, 0.2) is 5.78 Å². The lowest BCUT2D eigenvalue weighted by Gasteiger charge is -2.44. The Labute approximate surface area is 170 Å². The van der Waals surface area contributed by atoms with Crippen LogP contribution in [0.4, 0.5) is 0 Å². The second kappa shape index (κ2) is 7.78. The fourth-order valence-corrected chi connectivity index (χ4v) is 4.07. The van der Waals surface area contributed by atoms with Crippen molar-refractivity contribution in [3.8, 4) is 17.2 Å². The van der Waals surface area contributed by atoms with Crippen molar-refractivity contribution in [1.82, 2.24) is 4.90 Å². The normalized spacial score (nSPS) is 17.4. The molecule has 2 aliphatic rings. The fourth-order valence-electron chi connectivity index (χ4n) is 4.07. The van der Waals surface area contributed by atoms with Gasteiger partial charge in [0.25, 0.3) is 0 Å². The second-order valence-electron chi connectivity index (χ2n) is 7.65. The number of likely N-dealkylation sites (tertiary alicyclic amines) is 1. The molecule has 0 radical (unpaired) electrons. The predicted octanol–water partition coefficient (Wildman–Crippen LogP) is 3.27. The standard InChI is InChI=1S/C23H25NO5/c1-27-17-5-3-16(4-6-17)13-22(26)24-11-9-23(10-12-24)15-20(25)19-14-18(28-2)7-8-21(19)29-23/h3-8,14H,9-13,15H2,1-2H3. The lowest BCUT2D eigenvalue weighted by atomic mass is 9.82. The van der Waals surface area contributed by atoms with E-state index in [1.165, 1.54) is 0 Å². The second-order valence-corrected chi connectivity index (χ2v) is 7.65. The van der Waals surface area contributed by atoms with Gasteiger partial charge in [-0.2, -0.15) is 0 Å². The first-order valence-corrected chi connectivity index (χ1v) is 9.83. The van der Waals surface area contributed by atoms with E-state index in [2.05, 4.69) is 0 Å². The van der Waals surface area contributed by atoms with E-state index >= 15 is 0 Å². The van der Waals surface area contributed by atoms with Crippen LogP contribution in [-0.2, 0) is 11.2 Å². The third-order valence-electron chi connectivity index (χ3n) is 5.84. The largest absolute Gasteiger partial charge is 0.497 e. The Morgan fingerprint density at radius 2 is 1.69 bits per heavy atom. The number of carbonyl (C=O) groups excluding carboxylic acids is 2. The van der Waals surface area contributed by atoms with Gasteiger partial charge in [-0.05, 0) is 35.9 Å². The topological polar surface area (TPSA) is 65.1 Å². The van der Waals surface area contributed by atoms with Gasteiger partial charge in [0.1, 0.15) is 22.8 Å². The van der Waals surface area contributed by atoms with Crippen molar-refractivity contribution in [2.45, 2.75) is 31.3 Å². The van der Waals surface area contributed by atoms with Crippen molar-refractivity contribution in [2.24, 2.45) is 0 Å². The van der Waals surface area contributed by atoms with Crippen molar-refractivity contribution in [3.63, 3.8) is 0 Å². The number of fused-ring (bicyclic) bond motifs is 1. The van der Waals surface area contributed by atoms with Gasteiger partial charge in [-0.3, -0.25) is 9.59 Å². The molecule has 0 N–H and O–H groups in total. The van der Waals surface area contributed by atoms with E-state index in [4.69, 9.17) is 14.2 Å². The molecule has 0 bridgehead atoms. The predicted molar refractivity (Wildman–Crippen MR) is 108 cm³/mol. The minimum Gasteiger partial charge on any atom is -0.497 e. The fraction of sp³-hybridized carbons (Fsp3) is 0.391. The van der Waals surface area contributed by atoms with E-state index in [-0.39, 0.29) is 11.7 Å². The molecule has 29 heavy (non-hydrogen) atoms. The van der Waals surface area contributed by atoms with Gasteiger partial charge in [-0.1, -0.05) is 12.1 Å². The minimum absolute atomic E-state index is 0.0724. The van der Waals surface area contributed by atoms with Gasteiger partial charge >= 0.3 is 0 Å². The number of carbonyl (C=O) groups is 2. The molecule has 152 valence electrons. The molecule has 0 unspecified atom stereocenters. The molecule has 6 heteroatoms. The van der Waals surface area contributed by atoms with Crippen molar-refractivity contribution < 1.29 is 23.8 Å². The van der Waals surface area contributed by atoms with E-state index in [9.17, 15) is 9.59 Å². The highest BCUT2D eigenvalue weighted by Crippen LogP contribution is 2.40. The minimum atomic E-state index is -0.518. The maximum atomic E-state index is 12.7. The van der Waals surface area contributed by atoms with Crippen LogP contribution < -0.4 is 14.2 Å². The maximum Gasteiger partial charge on any atom is 0.226 e. The molecule has 1 spiro atoms. The quantitative estimate of drug-likeness (QED) is 0.795. The van der Waals surface area contributed by atoms with Crippen LogP contribution in [0.3, 0.4) is 0 Å². The first kappa shape index (κ1) is 19.3. The number of nitrogens with zero attached hydrogens (tertiary/aromatic N) is 1. The summed E-state index contributed by atoms with van der Waals surface area (Å²) in [7, 11) is 3.20. The monoisotopic (exact) mass is 395 g/mol. The van der Waals surface area contributed by atoms with Gasteiger partial charge in [0, 0.05) is 25.9 Å². The maximum absolute atomic E-state index is 12.7. The van der Waals surface area contributed by atoms with Crippen LogP contribution >= 0.6 is 0 Å². The Morgan fingerprint density at radius 1 is 1.03 bits per heavy atom. The highest BCUT2D eigenvalue weighted by atomic mass is 16.5. The van der Waals surface area contributed by atoms with Gasteiger partial charge < -0.3 is 19.1 Å². The van der Waals surface area contributed by atoms with Gasteiger partial charge in [0.05, 0.1) is 32.6 Å². The van der Waals surface area contributed by atoms with Crippen molar-refractivity contribution in [1.29, 1.82) is 0 Å². The van der Waals surface area contributed by atoms with Crippen molar-refractivity contribution >= 4 is 11.7 Å². The molecule has 2 aromatic rings. The molecule has 1 amide bonds. The number of piperidine rings is 1. The molecule has 2 heterocycles. The molecule has 0 aliphatic carbocycles. The zero-order valence-corrected chi connectivity index (χ0v) is 16.8. The summed E-state index contributed by atoms with van der Waals surface area (Å²) in [6.45, 7) is 1.18. The summed E-state index contributed by atoms with van der Waals surface area (Å²) in [5.41, 5.74) is 1.02. The van der Waals surface area contributed by atoms with Gasteiger partial charge in [-0.15, -0.1) is 0 Å². The number of rotatable bonds is 4. The Balaban J connectivity index is 1.39. The molecular weight excluding hydrogens is 370 g/mol. The number of hydrogen-bond acceptors (Lipinski definition) is 5. The average molecular weight is 395 g/mol. The first-order chi connectivity index (χ1) is 14.0. The average Bonchev–Trinajstić information content (AvgIpc) is 2.74. The van der Waals surface area contributed by atoms with E-state index in [1.807, 2.05) is 29.2 Å². The summed E-state index contributed by atoms with van der Waals surface area (Å²) in [4.78, 5) is 27.3. The molecule has 1 saturated heterocycles. The molecular formula is C23H25NO5. The zero-order chi connectivity index (χ0) is 20.4. The SMILES string of the molecule is COc1ccc(CC(=O)N2CCC3(CC2)CC(=O)c2cc(OC)ccc2O3)cc1. The summed E-state index contributed by atoms with van der Waals surface area (Å²) in [5.74, 6) is 2.20. The molecule has 0 atom stereocenters. The summed E-state index contributed by atoms with van der Waals surface area (Å²) in [6, 6.07) is 12.9. The number of ether oxygens (including phenoxy) is 3. The number of benzene rings is 2. The summed E-state index contributed by atoms with van der Waals surface area (Å²) in [6.07, 6.45) is 2.00. The van der Waals surface area contributed by atoms with Crippen LogP contribution in [-0.4, -0.2) is 49.5 Å². The van der Waals surface area contributed by atoms with Crippen LogP contribution in [0.1, 0.15) is 35.2 Å². The first-order valence-electron chi connectivity index (χ1n) is 9.83. The van der Waals surface area contributed by atoms with E-state index < -0.39 is 5.60 Å². The van der Waals surface area contributed by atoms with Crippen LogP contribution in [0, 0.1) is 0 Å². The summed E-state index contributed by atoms with van der Waals surface area (Å²) >= 11 is 0. The van der Waals surface area contributed by atoms with Crippen LogP contribution in [0.5, 0.6) is 17.2 Å². The lowest BCUT2D eigenvalue weighted by molar-refractivity contribution is -0.134. The number of amides is 1. The lowest BCUT2D eigenvalue weighted by Crippen LogP contribution is -2.52. The number of methoxy groups -OCH3 is 2. The number of Topliss-reactive ketones (excluding diaryl/α,β-unsaturated/α-hetero) is 1. The third kappa shape index (κ3) is 3.92. The van der Waals surface area contributed by atoms with Crippen molar-refractivity contribution in [3.05, 3.63) is 53.6 Å². The number of hydrogen-bond donors (Lipinski definition) is 0. The van der Waals surface area contributed by atoms with Crippen molar-refractivity contribution in [2.75, 3.05) is 27.3 Å². The third-order valence-corrected chi connectivity index (χ3v) is 5.84. The summed E-state index contributed by atoms with van der Waals surface area (Å²) in [5, 5.41) is 0. The molecule has 6 nitrogen and oxygen atoms in total. The molecule has 2 aliphatic heterocycles. The highest BCUT2D eigenvalue weighted by Gasteiger charge is 2.43. The Kier molecular flexibility index (Phi) is 5.18. The molecule has 0 aromatic heterocycles. The smallest absolute Gasteiger partial charge is 0.226 e. The van der Waals surface area contributed by atoms with E-state index in [0.29, 0.717) is 55.8 Å². The van der Waals surface area contributed by atoms with E-state index in [1.54, 1.807) is 32.4 Å². The Hall–Kier alpha value is -3.02. The van der Waals surface area contributed by atoms with E-state index in [0.717, 1.165) is 11.3 Å². The van der Waals surface area contributed by atoms with Crippen LogP contribution in [0.25, 0.3) is 0 Å². The van der Waals surface area contributed by atoms with Crippen LogP contribution in [0.15, 0.2) is 42.5 Å². The Morgan fingerprint density at radius 3 is 2.34 bits per heavy atom. The summed E-state index contributed by atoms with van der Waals surface area (Å²) < 4.78 is 16.6. The number of ketones is 1.